The molecule has 1 saturated carbocycles. The average Bonchev–Trinajstić information content (AvgIpc) is 2.20. The second-order valence-electron chi connectivity index (χ2n) is 5.18. The Hall–Kier alpha value is -0.120. The van der Waals surface area contributed by atoms with E-state index in [2.05, 4.69) is 26.1 Å². The topological polar surface area (TPSA) is 30.5 Å². The van der Waals surface area contributed by atoms with E-state index >= 15 is 0 Å². The lowest BCUT2D eigenvalue weighted by Gasteiger charge is -2.32. The van der Waals surface area contributed by atoms with Gasteiger partial charge in [-0.25, -0.2) is 0 Å². The summed E-state index contributed by atoms with van der Waals surface area (Å²) in [5, 5.41) is 3.61. The second kappa shape index (κ2) is 7.25. The minimum atomic E-state index is 0.363. The summed E-state index contributed by atoms with van der Waals surface area (Å²) < 4.78 is 11.0. The molecule has 0 aromatic carbocycles. The number of ether oxygens (including phenoxy) is 2. The predicted octanol–water partition coefficient (Wildman–Crippen LogP) is 2.35. The number of hydrogen-bond acceptors (Lipinski definition) is 3. The first-order chi connectivity index (χ1) is 7.61. The van der Waals surface area contributed by atoms with Gasteiger partial charge in [0.25, 0.3) is 0 Å². The Morgan fingerprint density at radius 1 is 1.12 bits per heavy atom. The molecule has 96 valence electrons. The fourth-order valence-corrected chi connectivity index (χ4v) is 2.45. The highest BCUT2D eigenvalue weighted by Gasteiger charge is 2.22. The van der Waals surface area contributed by atoms with Gasteiger partial charge in [0.05, 0.1) is 18.8 Å². The normalized spacial score (nSPS) is 28.3. The number of nitrogens with one attached hydrogen (secondary N) is 1. The maximum Gasteiger partial charge on any atom is 0.0613 e. The van der Waals surface area contributed by atoms with Gasteiger partial charge in [-0.2, -0.15) is 0 Å². The lowest BCUT2D eigenvalue weighted by molar-refractivity contribution is -0.0171. The minimum absolute atomic E-state index is 0.363. The largest absolute Gasteiger partial charge is 0.383 e. The molecule has 0 heterocycles. The standard InChI is InChI=1S/C13H27NO2/c1-10(2)16-13-7-5-12(6-8-13)14-11(3)9-15-4/h10-14H,5-9H2,1-4H3. The first-order valence-corrected chi connectivity index (χ1v) is 6.52. The van der Waals surface area contributed by atoms with Gasteiger partial charge in [-0.05, 0) is 46.5 Å². The summed E-state index contributed by atoms with van der Waals surface area (Å²) in [5.41, 5.74) is 0. The van der Waals surface area contributed by atoms with E-state index in [0.717, 1.165) is 6.61 Å². The van der Waals surface area contributed by atoms with Crippen LogP contribution in [0.15, 0.2) is 0 Å². The third kappa shape index (κ3) is 5.28. The molecule has 0 amide bonds. The molecule has 1 fully saturated rings. The van der Waals surface area contributed by atoms with Crippen LogP contribution in [0, 0.1) is 0 Å². The van der Waals surface area contributed by atoms with Gasteiger partial charge < -0.3 is 14.8 Å². The van der Waals surface area contributed by atoms with Crippen LogP contribution in [-0.2, 0) is 9.47 Å². The van der Waals surface area contributed by atoms with E-state index in [-0.39, 0.29) is 0 Å². The molecule has 1 rings (SSSR count). The Balaban J connectivity index is 2.16. The van der Waals surface area contributed by atoms with Gasteiger partial charge in [-0.15, -0.1) is 0 Å². The van der Waals surface area contributed by atoms with Crippen molar-refractivity contribution < 1.29 is 9.47 Å². The molecule has 1 aliphatic rings. The molecule has 0 aromatic heterocycles. The van der Waals surface area contributed by atoms with E-state index in [0.29, 0.717) is 24.3 Å². The first-order valence-electron chi connectivity index (χ1n) is 6.52. The molecule has 0 bridgehead atoms. The van der Waals surface area contributed by atoms with E-state index in [4.69, 9.17) is 9.47 Å². The molecule has 0 spiro atoms. The molecule has 0 saturated heterocycles. The fraction of sp³-hybridized carbons (Fsp3) is 1.00. The minimum Gasteiger partial charge on any atom is -0.383 e. The van der Waals surface area contributed by atoms with Crippen molar-refractivity contribution in [2.45, 2.75) is 70.7 Å². The van der Waals surface area contributed by atoms with Gasteiger partial charge in [0.1, 0.15) is 0 Å². The average molecular weight is 229 g/mol. The maximum absolute atomic E-state index is 5.84. The zero-order valence-electron chi connectivity index (χ0n) is 11.2. The van der Waals surface area contributed by atoms with Crippen LogP contribution in [-0.4, -0.2) is 38.0 Å². The van der Waals surface area contributed by atoms with E-state index < -0.39 is 0 Å². The smallest absolute Gasteiger partial charge is 0.0613 e. The quantitative estimate of drug-likeness (QED) is 0.758. The van der Waals surface area contributed by atoms with E-state index in [1.807, 2.05) is 0 Å². The van der Waals surface area contributed by atoms with Gasteiger partial charge in [0.15, 0.2) is 0 Å². The van der Waals surface area contributed by atoms with Crippen molar-refractivity contribution >= 4 is 0 Å². The zero-order chi connectivity index (χ0) is 12.0. The molecule has 3 nitrogen and oxygen atoms in total. The molecule has 3 heteroatoms. The lowest BCUT2D eigenvalue weighted by atomic mass is 9.92. The van der Waals surface area contributed by atoms with Crippen LogP contribution in [0.5, 0.6) is 0 Å². The van der Waals surface area contributed by atoms with Crippen LogP contribution in [0.25, 0.3) is 0 Å². The fourth-order valence-electron chi connectivity index (χ4n) is 2.45. The molecule has 1 atom stereocenters. The van der Waals surface area contributed by atoms with Crippen molar-refractivity contribution in [1.29, 1.82) is 0 Å². The van der Waals surface area contributed by atoms with Gasteiger partial charge in [-0.3, -0.25) is 0 Å². The van der Waals surface area contributed by atoms with Crippen molar-refractivity contribution in [3.8, 4) is 0 Å². The maximum atomic E-state index is 5.84. The van der Waals surface area contributed by atoms with E-state index in [9.17, 15) is 0 Å². The Bertz CT molecular complexity index is 177. The van der Waals surface area contributed by atoms with Crippen molar-refractivity contribution in [3.05, 3.63) is 0 Å². The van der Waals surface area contributed by atoms with Crippen LogP contribution < -0.4 is 5.32 Å². The zero-order valence-corrected chi connectivity index (χ0v) is 11.2. The van der Waals surface area contributed by atoms with Gasteiger partial charge in [0, 0.05) is 19.2 Å². The summed E-state index contributed by atoms with van der Waals surface area (Å²) >= 11 is 0. The van der Waals surface area contributed by atoms with Crippen molar-refractivity contribution in [2.24, 2.45) is 0 Å². The Morgan fingerprint density at radius 2 is 1.75 bits per heavy atom. The van der Waals surface area contributed by atoms with Crippen LogP contribution >= 0.6 is 0 Å². The molecule has 1 unspecified atom stereocenters. The molecule has 0 aliphatic heterocycles. The molecule has 16 heavy (non-hydrogen) atoms. The SMILES string of the molecule is COCC(C)NC1CCC(OC(C)C)CC1. The Labute approximate surface area is 99.9 Å². The molecular weight excluding hydrogens is 202 g/mol. The van der Waals surface area contributed by atoms with Crippen molar-refractivity contribution in [3.63, 3.8) is 0 Å². The number of rotatable bonds is 6. The van der Waals surface area contributed by atoms with Gasteiger partial charge in [-0.1, -0.05) is 0 Å². The Morgan fingerprint density at radius 3 is 2.25 bits per heavy atom. The highest BCUT2D eigenvalue weighted by molar-refractivity contribution is 4.79. The molecular formula is C13H27NO2. The first kappa shape index (κ1) is 13.9. The van der Waals surface area contributed by atoms with Gasteiger partial charge in [0.2, 0.25) is 0 Å². The highest BCUT2D eigenvalue weighted by Crippen LogP contribution is 2.22. The number of methoxy groups -OCH3 is 1. The van der Waals surface area contributed by atoms with Crippen molar-refractivity contribution in [1.82, 2.24) is 5.32 Å². The third-order valence-electron chi connectivity index (χ3n) is 3.08. The van der Waals surface area contributed by atoms with Crippen LogP contribution in [0.2, 0.25) is 0 Å². The molecule has 1 N–H and O–H groups in total. The second-order valence-corrected chi connectivity index (χ2v) is 5.18. The predicted molar refractivity (Wildman–Crippen MR) is 66.7 cm³/mol. The molecule has 1 aliphatic carbocycles. The summed E-state index contributed by atoms with van der Waals surface area (Å²) in [6.45, 7) is 7.21. The van der Waals surface area contributed by atoms with Crippen LogP contribution in [0.3, 0.4) is 0 Å². The Kier molecular flexibility index (Phi) is 6.32. The monoisotopic (exact) mass is 229 g/mol. The third-order valence-corrected chi connectivity index (χ3v) is 3.08. The van der Waals surface area contributed by atoms with Gasteiger partial charge >= 0.3 is 0 Å². The summed E-state index contributed by atoms with van der Waals surface area (Å²) in [7, 11) is 1.76. The van der Waals surface area contributed by atoms with Crippen molar-refractivity contribution in [2.75, 3.05) is 13.7 Å². The van der Waals surface area contributed by atoms with Crippen LogP contribution in [0.1, 0.15) is 46.5 Å². The lowest BCUT2D eigenvalue weighted by Crippen LogP contribution is -2.42. The molecule has 0 radical (unpaired) electrons. The summed E-state index contributed by atoms with van der Waals surface area (Å²) in [6.07, 6.45) is 5.68. The summed E-state index contributed by atoms with van der Waals surface area (Å²) in [5.74, 6) is 0. The van der Waals surface area contributed by atoms with Crippen LogP contribution in [0.4, 0.5) is 0 Å². The summed E-state index contributed by atoms with van der Waals surface area (Å²) in [4.78, 5) is 0. The number of hydrogen-bond donors (Lipinski definition) is 1. The van der Waals surface area contributed by atoms with E-state index in [1.165, 1.54) is 25.7 Å². The highest BCUT2D eigenvalue weighted by atomic mass is 16.5. The summed E-state index contributed by atoms with van der Waals surface area (Å²) in [6, 6.07) is 1.11. The molecule has 0 aromatic rings. The van der Waals surface area contributed by atoms with E-state index in [1.54, 1.807) is 7.11 Å².